The van der Waals surface area contributed by atoms with Gasteiger partial charge in [-0.1, -0.05) is 31.2 Å². The van der Waals surface area contributed by atoms with E-state index in [4.69, 9.17) is 10.7 Å². The summed E-state index contributed by atoms with van der Waals surface area (Å²) >= 11 is 0. The predicted molar refractivity (Wildman–Crippen MR) is 108 cm³/mol. The van der Waals surface area contributed by atoms with Crippen LogP contribution in [-0.2, 0) is 6.54 Å². The van der Waals surface area contributed by atoms with Crippen molar-refractivity contribution in [1.82, 2.24) is 25.3 Å². The van der Waals surface area contributed by atoms with Gasteiger partial charge in [0.05, 0.1) is 18.1 Å². The molecule has 0 radical (unpaired) electrons. The Balaban J connectivity index is 1.58. The van der Waals surface area contributed by atoms with E-state index < -0.39 is 0 Å². The molecule has 140 valence electrons. The number of aromatic nitrogens is 4. The number of nitrogens with zero attached hydrogens (tertiary/aromatic N) is 4. The van der Waals surface area contributed by atoms with E-state index in [9.17, 15) is 0 Å². The van der Waals surface area contributed by atoms with Crippen LogP contribution in [-0.4, -0.2) is 39.6 Å². The highest BCUT2D eigenvalue weighted by Gasteiger charge is 2.18. The summed E-state index contributed by atoms with van der Waals surface area (Å²) in [6, 6.07) is 8.45. The van der Waals surface area contributed by atoms with Crippen molar-refractivity contribution in [3.05, 3.63) is 42.2 Å². The standard InChI is InChI=1S/C20H25N7/c1-2-22-11-14-5-7-15(8-6-14)16-12-24-20(25-16)18-19(21)23-13-17(26-18)27-9-3-4-10-27/h5-8,12-13,22H,2-4,9-11H2,1H3,(H2,21,23)(H,24,25). The second kappa shape index (κ2) is 7.75. The van der Waals surface area contributed by atoms with Crippen LogP contribution in [0.4, 0.5) is 11.6 Å². The molecule has 0 unspecified atom stereocenters. The van der Waals surface area contributed by atoms with Crippen LogP contribution in [0.15, 0.2) is 36.7 Å². The van der Waals surface area contributed by atoms with Gasteiger partial charge in [0.25, 0.3) is 0 Å². The van der Waals surface area contributed by atoms with E-state index >= 15 is 0 Å². The molecule has 0 atom stereocenters. The third-order valence-electron chi connectivity index (χ3n) is 4.86. The van der Waals surface area contributed by atoms with Crippen LogP contribution in [0, 0.1) is 0 Å². The number of nitrogens with one attached hydrogen (secondary N) is 2. The fourth-order valence-corrected chi connectivity index (χ4v) is 3.32. The first-order chi connectivity index (χ1) is 13.2. The Morgan fingerprint density at radius 3 is 2.63 bits per heavy atom. The molecule has 3 aromatic rings. The van der Waals surface area contributed by atoms with Gasteiger partial charge >= 0.3 is 0 Å². The van der Waals surface area contributed by atoms with Gasteiger partial charge in [0, 0.05) is 19.6 Å². The van der Waals surface area contributed by atoms with Crippen LogP contribution < -0.4 is 16.0 Å². The van der Waals surface area contributed by atoms with E-state index in [1.165, 1.54) is 18.4 Å². The minimum absolute atomic E-state index is 0.389. The first kappa shape index (κ1) is 17.5. The number of benzene rings is 1. The van der Waals surface area contributed by atoms with Crippen molar-refractivity contribution >= 4 is 11.6 Å². The Morgan fingerprint density at radius 1 is 1.11 bits per heavy atom. The van der Waals surface area contributed by atoms with E-state index in [0.29, 0.717) is 17.3 Å². The van der Waals surface area contributed by atoms with Crippen molar-refractivity contribution in [2.75, 3.05) is 30.3 Å². The second-order valence-corrected chi connectivity index (χ2v) is 6.78. The van der Waals surface area contributed by atoms with E-state index in [0.717, 1.165) is 43.3 Å². The van der Waals surface area contributed by atoms with Crippen molar-refractivity contribution in [3.8, 4) is 22.8 Å². The molecule has 0 bridgehead atoms. The van der Waals surface area contributed by atoms with Crippen LogP contribution in [0.3, 0.4) is 0 Å². The first-order valence-electron chi connectivity index (χ1n) is 9.47. The molecule has 3 heterocycles. The summed E-state index contributed by atoms with van der Waals surface area (Å²) in [5.74, 6) is 1.90. The van der Waals surface area contributed by atoms with Crippen molar-refractivity contribution < 1.29 is 0 Å². The summed E-state index contributed by atoms with van der Waals surface area (Å²) in [7, 11) is 0. The van der Waals surface area contributed by atoms with Gasteiger partial charge < -0.3 is 20.9 Å². The Bertz CT molecular complexity index is 895. The van der Waals surface area contributed by atoms with Gasteiger partial charge in [0.15, 0.2) is 17.3 Å². The molecule has 2 aromatic heterocycles. The smallest absolute Gasteiger partial charge is 0.160 e. The van der Waals surface area contributed by atoms with Crippen LogP contribution in [0.1, 0.15) is 25.3 Å². The van der Waals surface area contributed by atoms with E-state index in [-0.39, 0.29) is 0 Å². The molecular weight excluding hydrogens is 338 g/mol. The maximum Gasteiger partial charge on any atom is 0.160 e. The van der Waals surface area contributed by atoms with Crippen molar-refractivity contribution in [2.45, 2.75) is 26.3 Å². The normalized spacial score (nSPS) is 14.0. The first-order valence-corrected chi connectivity index (χ1v) is 9.47. The Morgan fingerprint density at radius 2 is 1.89 bits per heavy atom. The number of nitrogens with two attached hydrogens (primary N) is 1. The maximum atomic E-state index is 6.08. The average Bonchev–Trinajstić information content (AvgIpc) is 3.39. The summed E-state index contributed by atoms with van der Waals surface area (Å²) in [5.41, 5.74) is 9.96. The van der Waals surface area contributed by atoms with Crippen molar-refractivity contribution in [3.63, 3.8) is 0 Å². The van der Waals surface area contributed by atoms with Crippen LogP contribution in [0.25, 0.3) is 22.8 Å². The van der Waals surface area contributed by atoms with Crippen molar-refractivity contribution in [2.24, 2.45) is 0 Å². The molecule has 1 aromatic carbocycles. The maximum absolute atomic E-state index is 6.08. The monoisotopic (exact) mass is 363 g/mol. The second-order valence-electron chi connectivity index (χ2n) is 6.78. The lowest BCUT2D eigenvalue weighted by molar-refractivity contribution is 0.727. The lowest BCUT2D eigenvalue weighted by Gasteiger charge is -2.16. The summed E-state index contributed by atoms with van der Waals surface area (Å²) in [6.07, 6.45) is 5.95. The van der Waals surface area contributed by atoms with Gasteiger partial charge in [-0.2, -0.15) is 0 Å². The molecule has 1 fully saturated rings. The van der Waals surface area contributed by atoms with Crippen LogP contribution in [0.5, 0.6) is 0 Å². The molecule has 7 nitrogen and oxygen atoms in total. The zero-order valence-electron chi connectivity index (χ0n) is 15.6. The van der Waals surface area contributed by atoms with E-state index in [1.54, 1.807) is 6.20 Å². The van der Waals surface area contributed by atoms with Gasteiger partial charge in [0.1, 0.15) is 5.82 Å². The minimum atomic E-state index is 0.389. The lowest BCUT2D eigenvalue weighted by atomic mass is 10.1. The van der Waals surface area contributed by atoms with E-state index in [1.807, 2.05) is 6.20 Å². The summed E-state index contributed by atoms with van der Waals surface area (Å²) in [6.45, 7) is 5.97. The lowest BCUT2D eigenvalue weighted by Crippen LogP contribution is -2.19. The quantitative estimate of drug-likeness (QED) is 0.623. The number of nitrogen functional groups attached to an aromatic ring is 1. The highest BCUT2D eigenvalue weighted by molar-refractivity contribution is 5.69. The Kier molecular flexibility index (Phi) is 5.02. The number of rotatable bonds is 6. The molecule has 4 N–H and O–H groups in total. The van der Waals surface area contributed by atoms with Crippen molar-refractivity contribution in [1.29, 1.82) is 0 Å². The minimum Gasteiger partial charge on any atom is -0.382 e. The number of anilines is 2. The molecule has 27 heavy (non-hydrogen) atoms. The summed E-state index contributed by atoms with van der Waals surface area (Å²) < 4.78 is 0. The largest absolute Gasteiger partial charge is 0.382 e. The zero-order valence-corrected chi connectivity index (χ0v) is 15.6. The highest BCUT2D eigenvalue weighted by atomic mass is 15.2. The average molecular weight is 363 g/mol. The highest BCUT2D eigenvalue weighted by Crippen LogP contribution is 2.27. The summed E-state index contributed by atoms with van der Waals surface area (Å²) in [5, 5.41) is 3.33. The third-order valence-corrected chi connectivity index (χ3v) is 4.86. The number of imidazole rings is 1. The fraction of sp³-hybridized carbons (Fsp3) is 0.350. The molecule has 1 aliphatic rings. The number of hydrogen-bond acceptors (Lipinski definition) is 6. The van der Waals surface area contributed by atoms with Crippen LogP contribution >= 0.6 is 0 Å². The SMILES string of the molecule is CCNCc1ccc(-c2cnc(-c3nc(N4CCCC4)cnc3N)[nH]2)cc1. The number of hydrogen-bond donors (Lipinski definition) is 3. The molecule has 0 saturated carbocycles. The molecule has 0 spiro atoms. The van der Waals surface area contributed by atoms with Gasteiger partial charge in [-0.25, -0.2) is 15.0 Å². The van der Waals surface area contributed by atoms with Gasteiger partial charge in [-0.3, -0.25) is 0 Å². The number of H-pyrrole nitrogens is 1. The third kappa shape index (κ3) is 3.78. The molecule has 4 rings (SSSR count). The number of aromatic amines is 1. The van der Waals surface area contributed by atoms with Gasteiger partial charge in [0.2, 0.25) is 0 Å². The topological polar surface area (TPSA) is 95.8 Å². The zero-order chi connectivity index (χ0) is 18.6. The molecule has 0 amide bonds. The van der Waals surface area contributed by atoms with Gasteiger partial charge in [-0.05, 0) is 30.5 Å². The predicted octanol–water partition coefficient (Wildman–Crippen LogP) is 2.83. The molecular formula is C20H25N7. The molecule has 1 aliphatic heterocycles. The fourth-order valence-electron chi connectivity index (χ4n) is 3.32. The van der Waals surface area contributed by atoms with Gasteiger partial charge in [-0.15, -0.1) is 0 Å². The molecule has 7 heteroatoms. The molecule has 0 aliphatic carbocycles. The summed E-state index contributed by atoms with van der Waals surface area (Å²) in [4.78, 5) is 19.1. The van der Waals surface area contributed by atoms with E-state index in [2.05, 4.69) is 56.4 Å². The Hall–Kier alpha value is -2.93. The Labute approximate surface area is 159 Å². The van der Waals surface area contributed by atoms with Crippen LogP contribution in [0.2, 0.25) is 0 Å². The molecule has 1 saturated heterocycles.